The van der Waals surface area contributed by atoms with Crippen molar-refractivity contribution >= 4 is 23.3 Å². The highest BCUT2D eigenvalue weighted by Crippen LogP contribution is 2.14. The van der Waals surface area contributed by atoms with Crippen LogP contribution in [-0.4, -0.2) is 34.2 Å². The van der Waals surface area contributed by atoms with Gasteiger partial charge < -0.3 is 9.57 Å². The van der Waals surface area contributed by atoms with Gasteiger partial charge in [0.2, 0.25) is 0 Å². The number of allylic oxidation sites excluding steroid dienone is 1. The van der Waals surface area contributed by atoms with Crippen molar-refractivity contribution in [1.29, 1.82) is 0 Å². The lowest BCUT2D eigenvalue weighted by atomic mass is 10.2. The monoisotopic (exact) mass is 244 g/mol. The average Bonchev–Trinajstić information content (AvgIpc) is 2.29. The number of nitrogens with zero attached hydrogens (tertiary/aromatic N) is 2. The highest BCUT2D eigenvalue weighted by molar-refractivity contribution is 7.76. The second-order valence-electron chi connectivity index (χ2n) is 2.73. The van der Waals surface area contributed by atoms with E-state index >= 15 is 0 Å². The topological polar surface area (TPSA) is 77.3 Å². The Labute approximate surface area is 94.9 Å². The molecule has 1 rings (SSSR count). The van der Waals surface area contributed by atoms with E-state index in [1.807, 2.05) is 0 Å². The fourth-order valence-corrected chi connectivity index (χ4v) is 1.56. The molecule has 16 heavy (non-hydrogen) atoms. The molecule has 1 aliphatic rings. The van der Waals surface area contributed by atoms with Crippen molar-refractivity contribution in [3.05, 3.63) is 22.8 Å². The van der Waals surface area contributed by atoms with Gasteiger partial charge in [-0.2, -0.15) is 0 Å². The first kappa shape index (κ1) is 12.4. The summed E-state index contributed by atoms with van der Waals surface area (Å²) in [5.74, 6) is 0.103. The maximum atomic E-state index is 10.9. The summed E-state index contributed by atoms with van der Waals surface area (Å²) in [5.41, 5.74) is 0.244. The van der Waals surface area contributed by atoms with Gasteiger partial charge in [0.15, 0.2) is 22.3 Å². The van der Waals surface area contributed by atoms with Crippen LogP contribution in [0.3, 0.4) is 0 Å². The molecule has 0 fully saturated rings. The summed E-state index contributed by atoms with van der Waals surface area (Å²) in [7, 11) is -2.86. The zero-order valence-electron chi connectivity index (χ0n) is 8.75. The molecule has 0 aromatic carbocycles. The van der Waals surface area contributed by atoms with Gasteiger partial charge in [-0.25, -0.2) is 8.42 Å². The van der Waals surface area contributed by atoms with E-state index in [0.717, 1.165) is 0 Å². The lowest BCUT2D eigenvalue weighted by molar-refractivity contribution is 0.0654. The first-order chi connectivity index (χ1) is 7.70. The first-order valence-corrected chi connectivity index (χ1v) is 5.69. The summed E-state index contributed by atoms with van der Waals surface area (Å²) < 4.78 is 27.1. The van der Waals surface area contributed by atoms with E-state index in [2.05, 4.69) is 16.9 Å². The molecule has 0 saturated carbocycles. The number of aliphatic imine (C=N–C) groups is 1. The quantitative estimate of drug-likeness (QED) is 0.442. The van der Waals surface area contributed by atoms with Gasteiger partial charge in [-0.05, 0) is 18.8 Å². The minimum Gasteiger partial charge on any atom is -0.471 e. The zero-order chi connectivity index (χ0) is 12.0. The molecular weight excluding hydrogens is 232 g/mol. The summed E-state index contributed by atoms with van der Waals surface area (Å²) >= 11 is 0. The predicted molar refractivity (Wildman–Crippen MR) is 61.0 cm³/mol. The van der Waals surface area contributed by atoms with Crippen molar-refractivity contribution in [2.24, 2.45) is 10.1 Å². The van der Waals surface area contributed by atoms with Gasteiger partial charge >= 0.3 is 0 Å². The fourth-order valence-electron chi connectivity index (χ4n) is 1.08. The van der Waals surface area contributed by atoms with Crippen LogP contribution in [0.5, 0.6) is 0 Å². The van der Waals surface area contributed by atoms with Crippen LogP contribution in [0.4, 0.5) is 0 Å². The molecule has 0 aromatic heterocycles. The molecule has 88 valence electrons. The third kappa shape index (κ3) is 2.93. The molecule has 1 heterocycles. The van der Waals surface area contributed by atoms with Crippen LogP contribution in [0.15, 0.2) is 32.9 Å². The van der Waals surface area contributed by atoms with Gasteiger partial charge in [0.05, 0.1) is 5.57 Å². The van der Waals surface area contributed by atoms with Crippen molar-refractivity contribution in [3.8, 4) is 0 Å². The Morgan fingerprint density at radius 3 is 2.75 bits per heavy atom. The second kappa shape index (κ2) is 6.06. The van der Waals surface area contributed by atoms with E-state index in [4.69, 9.17) is 9.57 Å². The fraction of sp³-hybridized carbons (Fsp3) is 0.333. The maximum Gasteiger partial charge on any atom is 0.260 e. The Bertz CT molecular complexity index is 427. The van der Waals surface area contributed by atoms with Crippen molar-refractivity contribution in [3.63, 3.8) is 0 Å². The summed E-state index contributed by atoms with van der Waals surface area (Å²) in [6.45, 7) is 5.60. The summed E-state index contributed by atoms with van der Waals surface area (Å²) in [4.78, 5) is 8.27. The molecule has 0 N–H and O–H groups in total. The molecule has 0 unspecified atom stereocenters. The summed E-state index contributed by atoms with van der Waals surface area (Å²) in [6.07, 6.45) is 3.18. The molecule has 6 nitrogen and oxygen atoms in total. The summed E-state index contributed by atoms with van der Waals surface area (Å²) in [6, 6.07) is 0. The van der Waals surface area contributed by atoms with Crippen LogP contribution in [0.25, 0.3) is 0 Å². The van der Waals surface area contributed by atoms with E-state index < -0.39 is 10.7 Å². The van der Waals surface area contributed by atoms with E-state index in [0.29, 0.717) is 13.2 Å². The highest BCUT2D eigenvalue weighted by Gasteiger charge is 2.17. The standard InChI is InChI=1S/C9H12N2O4S/c1-3-4-7(9(10-2)16(12)13)8-11-15-6-5-14-8/h3-4,16H,2,5-6H2,1H3/b4-3-,9-7-. The van der Waals surface area contributed by atoms with Crippen LogP contribution in [0, 0.1) is 0 Å². The lowest BCUT2D eigenvalue weighted by Crippen LogP contribution is -2.18. The minimum atomic E-state index is -2.86. The Balaban J connectivity index is 3.25. The molecular formula is C9H12N2O4S. The third-order valence-corrected chi connectivity index (χ3v) is 2.42. The Kier molecular flexibility index (Phi) is 4.71. The van der Waals surface area contributed by atoms with Crippen LogP contribution < -0.4 is 0 Å². The Morgan fingerprint density at radius 2 is 2.31 bits per heavy atom. The first-order valence-electron chi connectivity index (χ1n) is 4.52. The average molecular weight is 244 g/mol. The van der Waals surface area contributed by atoms with Crippen LogP contribution in [0.2, 0.25) is 0 Å². The number of hydrogen-bond donors (Lipinski definition) is 1. The second-order valence-corrected chi connectivity index (χ2v) is 3.67. The van der Waals surface area contributed by atoms with E-state index in [9.17, 15) is 8.42 Å². The van der Waals surface area contributed by atoms with Crippen LogP contribution >= 0.6 is 0 Å². The largest absolute Gasteiger partial charge is 0.471 e. The van der Waals surface area contributed by atoms with Crippen molar-refractivity contribution in [2.75, 3.05) is 13.2 Å². The Hall–Kier alpha value is -1.63. The number of oxime groups is 1. The number of thiol groups is 1. The Morgan fingerprint density at radius 1 is 1.56 bits per heavy atom. The SMILES string of the molecule is C=N/C(=C(\C=C/C)C1=NOCCO1)[SH](=O)=O. The zero-order valence-corrected chi connectivity index (χ0v) is 9.65. The van der Waals surface area contributed by atoms with E-state index in [1.165, 1.54) is 6.08 Å². The van der Waals surface area contributed by atoms with E-state index in [1.54, 1.807) is 13.0 Å². The molecule has 0 saturated heterocycles. The molecule has 0 radical (unpaired) electrons. The highest BCUT2D eigenvalue weighted by atomic mass is 32.2. The molecule has 0 atom stereocenters. The van der Waals surface area contributed by atoms with E-state index in [-0.39, 0.29) is 16.5 Å². The number of rotatable bonds is 4. The van der Waals surface area contributed by atoms with Gasteiger partial charge in [0, 0.05) is 0 Å². The third-order valence-electron chi connectivity index (χ3n) is 1.69. The summed E-state index contributed by atoms with van der Waals surface area (Å²) in [5, 5.41) is 3.45. The molecule has 0 spiro atoms. The number of hydrogen-bond acceptors (Lipinski definition) is 6. The molecule has 7 heteroatoms. The van der Waals surface area contributed by atoms with Crippen LogP contribution in [0.1, 0.15) is 6.92 Å². The lowest BCUT2D eigenvalue weighted by Gasteiger charge is -2.14. The molecule has 0 aliphatic carbocycles. The predicted octanol–water partition coefficient (Wildman–Crippen LogP) is 0.446. The normalized spacial score (nSPS) is 17.5. The number of ether oxygens (including phenoxy) is 1. The van der Waals surface area contributed by atoms with Crippen molar-refractivity contribution in [2.45, 2.75) is 6.92 Å². The molecule has 0 amide bonds. The van der Waals surface area contributed by atoms with Gasteiger partial charge in [0.25, 0.3) is 5.90 Å². The van der Waals surface area contributed by atoms with Crippen molar-refractivity contribution < 1.29 is 18.0 Å². The van der Waals surface area contributed by atoms with Gasteiger partial charge in [-0.3, -0.25) is 4.99 Å². The maximum absolute atomic E-state index is 10.9. The molecule has 1 aliphatic heterocycles. The minimum absolute atomic E-state index is 0.103. The van der Waals surface area contributed by atoms with Crippen LogP contribution in [-0.2, 0) is 20.3 Å². The van der Waals surface area contributed by atoms with Gasteiger partial charge in [-0.15, -0.1) is 0 Å². The van der Waals surface area contributed by atoms with Gasteiger partial charge in [0.1, 0.15) is 6.61 Å². The molecule has 0 aromatic rings. The molecule has 0 bridgehead atoms. The van der Waals surface area contributed by atoms with Crippen molar-refractivity contribution in [1.82, 2.24) is 0 Å². The van der Waals surface area contributed by atoms with Gasteiger partial charge in [-0.1, -0.05) is 12.2 Å². The smallest absolute Gasteiger partial charge is 0.260 e.